The van der Waals surface area contributed by atoms with Gasteiger partial charge in [0.15, 0.2) is 0 Å². The van der Waals surface area contributed by atoms with Crippen LogP contribution >= 0.6 is 0 Å². The van der Waals surface area contributed by atoms with E-state index in [-0.39, 0.29) is 43.1 Å². The Morgan fingerprint density at radius 3 is 2.63 bits per heavy atom. The van der Waals surface area contributed by atoms with Crippen LogP contribution in [0.2, 0.25) is 0 Å². The molecule has 4 unspecified atom stereocenters. The third-order valence-corrected chi connectivity index (χ3v) is 6.74. The third-order valence-electron chi connectivity index (χ3n) is 6.74. The number of hydrogen-bond acceptors (Lipinski definition) is 5. The number of methoxy groups -OCH3 is 1. The molecule has 0 aromatic rings. The maximum absolute atomic E-state index is 13.1. The summed E-state index contributed by atoms with van der Waals surface area (Å²) in [6.45, 7) is 10.2. The molecule has 35 heavy (non-hydrogen) atoms. The van der Waals surface area contributed by atoms with Gasteiger partial charge in [-0.1, -0.05) is 34.1 Å². The lowest BCUT2D eigenvalue weighted by Crippen LogP contribution is -2.50. The highest BCUT2D eigenvalue weighted by Gasteiger charge is 2.39. The van der Waals surface area contributed by atoms with Crippen LogP contribution in [0.4, 0.5) is 13.2 Å². The minimum Gasteiger partial charge on any atom is -0.384 e. The summed E-state index contributed by atoms with van der Waals surface area (Å²) in [6.07, 6.45) is 2.11. The Kier molecular flexibility index (Phi) is 12.1. The number of ether oxygens (including phenoxy) is 2. The Labute approximate surface area is 208 Å². The highest BCUT2D eigenvalue weighted by Crippen LogP contribution is 2.33. The molecule has 0 aromatic carbocycles. The molecule has 4 atom stereocenters. The van der Waals surface area contributed by atoms with Crippen molar-refractivity contribution in [2.24, 2.45) is 5.92 Å². The normalized spacial score (nSPS) is 28.6. The number of dihydropyridines is 1. The standard InChI is InChI=1S/C21H30F3N3O3.C3H8.C2H6/c1-29-19-12-30-7-5-18(19)26-16-3-2-13(9-16)20(28)27-6-4-17-14(11-27)8-15(10-25-17)21(22,23)24;1-3-2;1-2/h8,13,16,18-19,25-26H,2-7,9-12H2,1H3;3H2,1-2H3;1-2H3. The number of alkyl halides is 3. The van der Waals surface area contributed by atoms with E-state index in [1.807, 2.05) is 13.8 Å². The zero-order chi connectivity index (χ0) is 26.0. The molecule has 0 radical (unpaired) electrons. The minimum atomic E-state index is -4.34. The molecule has 6 nitrogen and oxygen atoms in total. The summed E-state index contributed by atoms with van der Waals surface area (Å²) in [6, 6.07) is 0.483. The fraction of sp³-hybridized carbons (Fsp3) is 0.808. The fourth-order valence-electron chi connectivity index (χ4n) is 5.01. The van der Waals surface area contributed by atoms with Crippen molar-refractivity contribution in [1.29, 1.82) is 0 Å². The first-order valence-corrected chi connectivity index (χ1v) is 13.2. The van der Waals surface area contributed by atoms with E-state index < -0.39 is 11.7 Å². The SMILES string of the molecule is CC.CCC.COC1COCCC1NC1CCC(C(=O)N2CCC3=C(C=C(C(F)(F)F)CN3)C2)C1. The van der Waals surface area contributed by atoms with Crippen LogP contribution < -0.4 is 10.6 Å². The van der Waals surface area contributed by atoms with Crippen molar-refractivity contribution < 1.29 is 27.4 Å². The van der Waals surface area contributed by atoms with E-state index in [2.05, 4.69) is 24.5 Å². The van der Waals surface area contributed by atoms with Gasteiger partial charge in [-0.15, -0.1) is 0 Å². The van der Waals surface area contributed by atoms with Crippen LogP contribution in [0.15, 0.2) is 22.9 Å². The molecular weight excluding hydrogens is 459 g/mol. The van der Waals surface area contributed by atoms with Crippen molar-refractivity contribution in [2.45, 2.75) is 90.6 Å². The highest BCUT2D eigenvalue weighted by atomic mass is 19.4. The Morgan fingerprint density at radius 2 is 1.97 bits per heavy atom. The van der Waals surface area contributed by atoms with Crippen molar-refractivity contribution in [1.82, 2.24) is 15.5 Å². The third kappa shape index (κ3) is 8.22. The zero-order valence-electron chi connectivity index (χ0n) is 22.0. The molecule has 202 valence electrons. The second-order valence-corrected chi connectivity index (χ2v) is 9.36. The van der Waals surface area contributed by atoms with Crippen molar-refractivity contribution in [3.05, 3.63) is 22.9 Å². The molecule has 3 aliphatic heterocycles. The van der Waals surface area contributed by atoms with Crippen molar-refractivity contribution in [3.8, 4) is 0 Å². The van der Waals surface area contributed by atoms with Gasteiger partial charge >= 0.3 is 6.18 Å². The number of hydrogen-bond donors (Lipinski definition) is 2. The lowest BCUT2D eigenvalue weighted by atomic mass is 9.97. The molecule has 1 saturated carbocycles. The Morgan fingerprint density at radius 1 is 1.26 bits per heavy atom. The maximum atomic E-state index is 13.1. The zero-order valence-corrected chi connectivity index (χ0v) is 22.0. The number of halogens is 3. The van der Waals surface area contributed by atoms with Crippen molar-refractivity contribution >= 4 is 5.91 Å². The van der Waals surface area contributed by atoms with Gasteiger partial charge < -0.3 is 25.0 Å². The lowest BCUT2D eigenvalue weighted by molar-refractivity contribution is -0.135. The van der Waals surface area contributed by atoms with Crippen LogP contribution in [0.3, 0.4) is 0 Å². The summed E-state index contributed by atoms with van der Waals surface area (Å²) in [7, 11) is 1.69. The minimum absolute atomic E-state index is 0.0226. The van der Waals surface area contributed by atoms with Crippen LogP contribution in [0.5, 0.6) is 0 Å². The van der Waals surface area contributed by atoms with Crippen molar-refractivity contribution in [3.63, 3.8) is 0 Å². The maximum Gasteiger partial charge on any atom is 0.414 e. The predicted molar refractivity (Wildman–Crippen MR) is 132 cm³/mol. The van der Waals surface area contributed by atoms with Crippen LogP contribution in [0, 0.1) is 5.92 Å². The molecular formula is C26H44F3N3O3. The summed E-state index contributed by atoms with van der Waals surface area (Å²) >= 11 is 0. The monoisotopic (exact) mass is 503 g/mol. The molecule has 9 heteroatoms. The van der Waals surface area contributed by atoms with E-state index in [0.717, 1.165) is 31.4 Å². The molecule has 4 rings (SSSR count). The van der Waals surface area contributed by atoms with Crippen LogP contribution in [-0.4, -0.2) is 75.1 Å². The van der Waals surface area contributed by atoms with Crippen molar-refractivity contribution in [2.75, 3.05) is 40.0 Å². The van der Waals surface area contributed by atoms with E-state index in [9.17, 15) is 18.0 Å². The molecule has 1 aliphatic carbocycles. The summed E-state index contributed by atoms with van der Waals surface area (Å²) in [5.74, 6) is -0.0123. The van der Waals surface area contributed by atoms with E-state index in [4.69, 9.17) is 9.47 Å². The highest BCUT2D eigenvalue weighted by molar-refractivity contribution is 5.80. The molecule has 4 aliphatic rings. The first kappa shape index (κ1) is 29.6. The molecule has 3 heterocycles. The van der Waals surface area contributed by atoms with Gasteiger partial charge in [-0.2, -0.15) is 13.2 Å². The van der Waals surface area contributed by atoms with Gasteiger partial charge in [-0.25, -0.2) is 0 Å². The van der Waals surface area contributed by atoms with Gasteiger partial charge in [0.1, 0.15) is 0 Å². The smallest absolute Gasteiger partial charge is 0.384 e. The topological polar surface area (TPSA) is 62.8 Å². The van der Waals surface area contributed by atoms with Crippen LogP contribution in [-0.2, 0) is 14.3 Å². The van der Waals surface area contributed by atoms with Crippen LogP contribution in [0.1, 0.15) is 66.2 Å². The van der Waals surface area contributed by atoms with E-state index in [1.165, 1.54) is 12.5 Å². The Balaban J connectivity index is 0.000000803. The molecule has 1 amide bonds. The van der Waals surface area contributed by atoms with E-state index >= 15 is 0 Å². The number of nitrogens with zero attached hydrogens (tertiary/aromatic N) is 1. The lowest BCUT2D eigenvalue weighted by Gasteiger charge is -2.35. The second kappa shape index (κ2) is 14.2. The molecule has 0 aromatic heterocycles. The summed E-state index contributed by atoms with van der Waals surface area (Å²) in [4.78, 5) is 14.8. The number of carbonyl (C=O) groups is 1. The van der Waals surface area contributed by atoms with Gasteiger partial charge in [0.05, 0.1) is 18.3 Å². The quantitative estimate of drug-likeness (QED) is 0.589. The van der Waals surface area contributed by atoms with Crippen LogP contribution in [0.25, 0.3) is 0 Å². The first-order chi connectivity index (χ1) is 16.8. The second-order valence-electron chi connectivity index (χ2n) is 9.36. The Bertz CT molecular complexity index is 739. The molecule has 2 N–H and O–H groups in total. The van der Waals surface area contributed by atoms with E-state index in [0.29, 0.717) is 31.8 Å². The predicted octanol–water partition coefficient (Wildman–Crippen LogP) is 4.57. The van der Waals surface area contributed by atoms with Gasteiger partial charge in [-0.3, -0.25) is 4.79 Å². The average Bonchev–Trinajstić information content (AvgIpc) is 3.33. The van der Waals surface area contributed by atoms with Gasteiger partial charge in [0.25, 0.3) is 0 Å². The summed E-state index contributed by atoms with van der Waals surface area (Å²) < 4.78 is 50.1. The Hall–Kier alpha value is -1.58. The van der Waals surface area contributed by atoms with Gasteiger partial charge in [0.2, 0.25) is 5.91 Å². The fourth-order valence-corrected chi connectivity index (χ4v) is 5.01. The number of carbonyl (C=O) groups excluding carboxylic acids is 1. The van der Waals surface area contributed by atoms with E-state index in [1.54, 1.807) is 12.0 Å². The summed E-state index contributed by atoms with van der Waals surface area (Å²) in [5.41, 5.74) is 0.846. The molecule has 0 bridgehead atoms. The summed E-state index contributed by atoms with van der Waals surface area (Å²) in [5, 5.41) is 6.53. The average molecular weight is 504 g/mol. The molecule has 2 fully saturated rings. The first-order valence-electron chi connectivity index (χ1n) is 13.2. The number of amides is 1. The van der Waals surface area contributed by atoms with Gasteiger partial charge in [0, 0.05) is 63.5 Å². The largest absolute Gasteiger partial charge is 0.414 e. The van der Waals surface area contributed by atoms with Gasteiger partial charge in [-0.05, 0) is 37.3 Å². The number of rotatable bonds is 4. The molecule has 1 saturated heterocycles. The number of nitrogens with one attached hydrogen (secondary N) is 2. The molecule has 0 spiro atoms.